The lowest BCUT2D eigenvalue weighted by molar-refractivity contribution is -0.132. The van der Waals surface area contributed by atoms with Crippen molar-refractivity contribution in [2.75, 3.05) is 31.1 Å². The molecule has 0 aliphatic carbocycles. The number of piperazine rings is 1. The molecular weight excluding hydrogens is 466 g/mol. The topological polar surface area (TPSA) is 80.4 Å². The van der Waals surface area contributed by atoms with E-state index >= 15 is 0 Å². The summed E-state index contributed by atoms with van der Waals surface area (Å²) in [5, 5.41) is 0.598. The van der Waals surface area contributed by atoms with E-state index < -0.39 is 11.1 Å². The van der Waals surface area contributed by atoms with Crippen molar-refractivity contribution in [3.8, 4) is 0 Å². The standard InChI is InChI=1S/C26H24ClN5O3/c27-20-10-8-19(9-11-20)17-31-21-5-1-2-6-22(21)32(26(35)25(31)34)18-24(33)30-15-13-29(14-16-30)23-7-3-4-12-28-23/h1-12H,13-18H2. The van der Waals surface area contributed by atoms with Crippen LogP contribution in [-0.2, 0) is 17.9 Å². The molecule has 0 N–H and O–H groups in total. The number of fused-ring (bicyclic) bond motifs is 1. The van der Waals surface area contributed by atoms with E-state index in [4.69, 9.17) is 11.6 Å². The van der Waals surface area contributed by atoms with E-state index in [0.717, 1.165) is 11.4 Å². The summed E-state index contributed by atoms with van der Waals surface area (Å²) in [5.74, 6) is 0.693. The highest BCUT2D eigenvalue weighted by molar-refractivity contribution is 6.30. The number of benzene rings is 2. The number of nitrogens with zero attached hydrogens (tertiary/aromatic N) is 5. The number of hydrogen-bond acceptors (Lipinski definition) is 5. The van der Waals surface area contributed by atoms with Gasteiger partial charge in [-0.1, -0.05) is 41.9 Å². The van der Waals surface area contributed by atoms with E-state index in [2.05, 4.69) is 9.88 Å². The molecular formula is C26H24ClN5O3. The Labute approximate surface area is 206 Å². The Balaban J connectivity index is 1.40. The predicted molar refractivity (Wildman–Crippen MR) is 136 cm³/mol. The number of halogens is 1. The molecule has 0 unspecified atom stereocenters. The molecule has 0 saturated carbocycles. The Bertz CT molecular complexity index is 1470. The number of para-hydroxylation sites is 2. The summed E-state index contributed by atoms with van der Waals surface area (Å²) in [6.45, 7) is 2.41. The monoisotopic (exact) mass is 489 g/mol. The number of carbonyl (C=O) groups is 1. The number of carbonyl (C=O) groups excluding carboxylic acids is 1. The summed E-state index contributed by atoms with van der Waals surface area (Å²) in [6.07, 6.45) is 1.75. The first-order chi connectivity index (χ1) is 17.0. The highest BCUT2D eigenvalue weighted by Gasteiger charge is 2.23. The smallest absolute Gasteiger partial charge is 0.317 e. The summed E-state index contributed by atoms with van der Waals surface area (Å²) in [5.41, 5.74) is 0.622. The molecule has 0 spiro atoms. The molecule has 0 bridgehead atoms. The first-order valence-corrected chi connectivity index (χ1v) is 11.8. The molecule has 2 aromatic heterocycles. The zero-order valence-electron chi connectivity index (χ0n) is 19.0. The molecule has 8 nitrogen and oxygen atoms in total. The molecule has 1 fully saturated rings. The Morgan fingerprint density at radius 3 is 2.09 bits per heavy atom. The molecule has 1 saturated heterocycles. The summed E-state index contributed by atoms with van der Waals surface area (Å²) in [6, 6.07) is 20.1. The Hall–Kier alpha value is -3.91. The first kappa shape index (κ1) is 22.9. The quantitative estimate of drug-likeness (QED) is 0.403. The second-order valence-corrected chi connectivity index (χ2v) is 8.89. The van der Waals surface area contributed by atoms with Crippen molar-refractivity contribution in [3.63, 3.8) is 0 Å². The van der Waals surface area contributed by atoms with Gasteiger partial charge in [-0.05, 0) is 42.0 Å². The largest absolute Gasteiger partial charge is 0.353 e. The van der Waals surface area contributed by atoms with Crippen molar-refractivity contribution in [1.82, 2.24) is 19.0 Å². The van der Waals surface area contributed by atoms with Crippen molar-refractivity contribution in [1.29, 1.82) is 0 Å². The molecule has 2 aromatic carbocycles. The summed E-state index contributed by atoms with van der Waals surface area (Å²) >= 11 is 5.98. The molecule has 178 valence electrons. The number of aromatic nitrogens is 3. The molecule has 3 heterocycles. The van der Waals surface area contributed by atoms with Crippen LogP contribution in [0.2, 0.25) is 5.02 Å². The summed E-state index contributed by atoms with van der Waals surface area (Å²) < 4.78 is 2.75. The minimum atomic E-state index is -0.710. The van der Waals surface area contributed by atoms with Gasteiger partial charge in [0.2, 0.25) is 5.91 Å². The SMILES string of the molecule is O=C(Cn1c(=O)c(=O)n(Cc2ccc(Cl)cc2)c2ccccc21)N1CCN(c2ccccn2)CC1. The summed E-state index contributed by atoms with van der Waals surface area (Å²) in [4.78, 5) is 47.6. The van der Waals surface area contributed by atoms with Gasteiger partial charge in [0.25, 0.3) is 0 Å². The van der Waals surface area contributed by atoms with Crippen LogP contribution in [0.25, 0.3) is 11.0 Å². The van der Waals surface area contributed by atoms with Gasteiger partial charge in [-0.2, -0.15) is 0 Å². The van der Waals surface area contributed by atoms with E-state index in [1.54, 1.807) is 41.4 Å². The fourth-order valence-corrected chi connectivity index (χ4v) is 4.54. The zero-order valence-corrected chi connectivity index (χ0v) is 19.8. The van der Waals surface area contributed by atoms with Crippen molar-refractivity contribution in [2.24, 2.45) is 0 Å². The van der Waals surface area contributed by atoms with Gasteiger partial charge in [0.15, 0.2) is 0 Å². The third-order valence-electron chi connectivity index (χ3n) is 6.29. The van der Waals surface area contributed by atoms with Crippen LogP contribution < -0.4 is 16.0 Å². The van der Waals surface area contributed by atoms with E-state index in [9.17, 15) is 14.4 Å². The molecule has 35 heavy (non-hydrogen) atoms. The van der Waals surface area contributed by atoms with Gasteiger partial charge in [0.1, 0.15) is 12.4 Å². The Kier molecular flexibility index (Phi) is 6.37. The van der Waals surface area contributed by atoms with Crippen LogP contribution in [0.5, 0.6) is 0 Å². The van der Waals surface area contributed by atoms with Crippen LogP contribution in [0.15, 0.2) is 82.5 Å². The molecule has 9 heteroatoms. The van der Waals surface area contributed by atoms with Crippen molar-refractivity contribution >= 4 is 34.4 Å². The number of anilines is 1. The van der Waals surface area contributed by atoms with Crippen LogP contribution in [0.4, 0.5) is 5.82 Å². The average molecular weight is 490 g/mol. The maximum Gasteiger partial charge on any atom is 0.317 e. The first-order valence-electron chi connectivity index (χ1n) is 11.4. The third-order valence-corrected chi connectivity index (χ3v) is 6.54. The highest BCUT2D eigenvalue weighted by Crippen LogP contribution is 2.16. The number of amides is 1. The van der Waals surface area contributed by atoms with E-state index in [1.165, 1.54) is 9.13 Å². The maximum absolute atomic E-state index is 13.1. The van der Waals surface area contributed by atoms with E-state index in [0.29, 0.717) is 42.2 Å². The van der Waals surface area contributed by atoms with Gasteiger partial charge in [0.05, 0.1) is 17.6 Å². The molecule has 4 aromatic rings. The van der Waals surface area contributed by atoms with Crippen molar-refractivity contribution in [2.45, 2.75) is 13.1 Å². The van der Waals surface area contributed by atoms with Crippen LogP contribution in [0.3, 0.4) is 0 Å². The van der Waals surface area contributed by atoms with E-state index in [-0.39, 0.29) is 19.0 Å². The summed E-state index contributed by atoms with van der Waals surface area (Å²) in [7, 11) is 0. The second kappa shape index (κ2) is 9.76. The van der Waals surface area contributed by atoms with Gasteiger partial charge in [-0.25, -0.2) is 4.98 Å². The molecule has 5 rings (SSSR count). The average Bonchev–Trinajstić information content (AvgIpc) is 2.90. The van der Waals surface area contributed by atoms with Gasteiger partial charge in [-0.3, -0.25) is 23.5 Å². The van der Waals surface area contributed by atoms with Gasteiger partial charge >= 0.3 is 11.1 Å². The number of pyridine rings is 1. The minimum absolute atomic E-state index is 0.181. The van der Waals surface area contributed by atoms with Crippen LogP contribution in [0, 0.1) is 0 Å². The fraction of sp³-hybridized carbons (Fsp3) is 0.231. The minimum Gasteiger partial charge on any atom is -0.353 e. The molecule has 1 aliphatic rings. The predicted octanol–water partition coefficient (Wildman–Crippen LogP) is 2.61. The van der Waals surface area contributed by atoms with Crippen LogP contribution >= 0.6 is 11.6 Å². The van der Waals surface area contributed by atoms with E-state index in [1.807, 2.05) is 36.4 Å². The van der Waals surface area contributed by atoms with Gasteiger partial charge < -0.3 is 9.80 Å². The maximum atomic E-state index is 13.1. The number of rotatable bonds is 5. The second-order valence-electron chi connectivity index (χ2n) is 8.45. The van der Waals surface area contributed by atoms with Crippen molar-refractivity contribution < 1.29 is 4.79 Å². The van der Waals surface area contributed by atoms with Crippen LogP contribution in [-0.4, -0.2) is 51.1 Å². The Morgan fingerprint density at radius 2 is 1.43 bits per heavy atom. The normalized spacial score (nSPS) is 13.9. The Morgan fingerprint density at radius 1 is 0.800 bits per heavy atom. The highest BCUT2D eigenvalue weighted by atomic mass is 35.5. The molecule has 0 atom stereocenters. The molecule has 1 amide bonds. The fourth-order valence-electron chi connectivity index (χ4n) is 4.42. The lowest BCUT2D eigenvalue weighted by Crippen LogP contribution is -2.51. The van der Waals surface area contributed by atoms with Gasteiger partial charge in [0, 0.05) is 37.4 Å². The number of hydrogen-bond donors (Lipinski definition) is 0. The lowest BCUT2D eigenvalue weighted by Gasteiger charge is -2.35. The van der Waals surface area contributed by atoms with Crippen LogP contribution in [0.1, 0.15) is 5.56 Å². The zero-order chi connectivity index (χ0) is 24.4. The van der Waals surface area contributed by atoms with Crippen molar-refractivity contribution in [3.05, 3.63) is 104 Å². The molecule has 0 radical (unpaired) electrons. The molecule has 1 aliphatic heterocycles. The third kappa shape index (κ3) is 4.70. The van der Waals surface area contributed by atoms with Gasteiger partial charge in [-0.15, -0.1) is 0 Å². The lowest BCUT2D eigenvalue weighted by atomic mass is 10.2.